The summed E-state index contributed by atoms with van der Waals surface area (Å²) in [5, 5.41) is 10.5. The fraction of sp³-hybridized carbons (Fsp3) is 0.474. The highest BCUT2D eigenvalue weighted by Gasteiger charge is 2.28. The van der Waals surface area contributed by atoms with E-state index in [1.165, 1.54) is 0 Å². The zero-order valence-corrected chi connectivity index (χ0v) is 14.1. The van der Waals surface area contributed by atoms with Crippen molar-refractivity contribution in [1.29, 1.82) is 0 Å². The number of nitrogens with zero attached hydrogens (tertiary/aromatic N) is 3. The first-order chi connectivity index (χ1) is 11.6. The first kappa shape index (κ1) is 16.9. The van der Waals surface area contributed by atoms with Gasteiger partial charge in [0.15, 0.2) is 5.78 Å². The van der Waals surface area contributed by atoms with Crippen molar-refractivity contribution in [2.45, 2.75) is 25.4 Å². The number of hydrogen-bond acceptors (Lipinski definition) is 4. The zero-order chi connectivity index (χ0) is 16.9. The third-order valence-corrected chi connectivity index (χ3v) is 4.95. The Balaban J connectivity index is 1.45. The molecule has 1 aromatic carbocycles. The smallest absolute Gasteiger partial charge is 0.164 e. The number of aryl methyl sites for hydroxylation is 1. The van der Waals surface area contributed by atoms with Gasteiger partial charge in [-0.3, -0.25) is 4.79 Å². The summed E-state index contributed by atoms with van der Waals surface area (Å²) in [6.45, 7) is 2.64. The molecule has 1 aliphatic rings. The van der Waals surface area contributed by atoms with Crippen LogP contribution in [-0.4, -0.2) is 45.0 Å². The van der Waals surface area contributed by atoms with Gasteiger partial charge in [-0.1, -0.05) is 30.3 Å². The summed E-state index contributed by atoms with van der Waals surface area (Å²) in [4.78, 5) is 18.8. The second-order valence-electron chi connectivity index (χ2n) is 6.56. The fourth-order valence-electron chi connectivity index (χ4n) is 3.39. The first-order valence-corrected chi connectivity index (χ1v) is 8.61. The number of likely N-dealkylation sites (tertiary alicyclic amines) is 1. The third-order valence-electron chi connectivity index (χ3n) is 4.95. The van der Waals surface area contributed by atoms with Gasteiger partial charge in [0.25, 0.3) is 0 Å². The number of hydrogen-bond donors (Lipinski definition) is 1. The summed E-state index contributed by atoms with van der Waals surface area (Å²) < 4.78 is 1.88. The lowest BCUT2D eigenvalue weighted by atomic mass is 9.90. The zero-order valence-electron chi connectivity index (χ0n) is 14.1. The Hall–Kier alpha value is -1.98. The number of carbonyl (C=O) groups is 1. The molecule has 1 atom stereocenters. The largest absolute Gasteiger partial charge is 0.385 e. The number of carbonyl (C=O) groups excluding carboxylic acids is 1. The Morgan fingerprint density at radius 1 is 1.29 bits per heavy atom. The lowest BCUT2D eigenvalue weighted by Gasteiger charge is -2.33. The Morgan fingerprint density at radius 2 is 2.00 bits per heavy atom. The van der Waals surface area contributed by atoms with Crippen molar-refractivity contribution in [2.24, 2.45) is 13.0 Å². The van der Waals surface area contributed by atoms with E-state index in [9.17, 15) is 9.90 Å². The molecule has 5 nitrogen and oxygen atoms in total. The van der Waals surface area contributed by atoms with E-state index in [0.717, 1.165) is 43.9 Å². The maximum absolute atomic E-state index is 12.2. The maximum atomic E-state index is 12.2. The Bertz CT molecular complexity index is 660. The van der Waals surface area contributed by atoms with E-state index in [1.54, 1.807) is 6.20 Å². The Labute approximate surface area is 142 Å². The minimum atomic E-state index is -0.502. The van der Waals surface area contributed by atoms with Crippen LogP contribution in [0.15, 0.2) is 42.7 Å². The SMILES string of the molecule is Cn1ccnc1C(O)C1CCN(CCC(=O)c2ccccc2)CC1. The highest BCUT2D eigenvalue weighted by molar-refractivity contribution is 5.96. The average molecular weight is 327 g/mol. The van der Waals surface area contributed by atoms with Gasteiger partial charge in [-0.05, 0) is 31.8 Å². The van der Waals surface area contributed by atoms with Crippen LogP contribution in [0.3, 0.4) is 0 Å². The van der Waals surface area contributed by atoms with E-state index in [4.69, 9.17) is 0 Å². The van der Waals surface area contributed by atoms with Crippen LogP contribution in [0.25, 0.3) is 0 Å². The van der Waals surface area contributed by atoms with Gasteiger partial charge >= 0.3 is 0 Å². The molecule has 1 N–H and O–H groups in total. The molecule has 0 bridgehead atoms. The Morgan fingerprint density at radius 3 is 2.62 bits per heavy atom. The molecule has 0 spiro atoms. The van der Waals surface area contributed by atoms with Crippen LogP contribution in [0, 0.1) is 5.92 Å². The summed E-state index contributed by atoms with van der Waals surface area (Å²) in [6.07, 6.45) is 5.52. The van der Waals surface area contributed by atoms with Crippen LogP contribution in [-0.2, 0) is 7.05 Å². The molecule has 1 aliphatic heterocycles. The molecule has 128 valence electrons. The van der Waals surface area contributed by atoms with E-state index in [0.29, 0.717) is 6.42 Å². The third kappa shape index (κ3) is 3.91. The summed E-state index contributed by atoms with van der Waals surface area (Å²) >= 11 is 0. The summed E-state index contributed by atoms with van der Waals surface area (Å²) in [6, 6.07) is 9.47. The van der Waals surface area contributed by atoms with E-state index in [2.05, 4.69) is 9.88 Å². The predicted octanol–water partition coefficient (Wildman–Crippen LogP) is 2.44. The lowest BCUT2D eigenvalue weighted by molar-refractivity contribution is 0.0503. The van der Waals surface area contributed by atoms with Crippen molar-refractivity contribution < 1.29 is 9.90 Å². The monoisotopic (exact) mass is 327 g/mol. The molecular formula is C19H25N3O2. The maximum Gasteiger partial charge on any atom is 0.164 e. The van der Waals surface area contributed by atoms with Crippen LogP contribution in [0.4, 0.5) is 0 Å². The first-order valence-electron chi connectivity index (χ1n) is 8.61. The standard InChI is InChI=1S/C19H25N3O2/c1-21-14-10-20-19(21)18(24)16-7-11-22(12-8-16)13-9-17(23)15-5-3-2-4-6-15/h2-6,10,14,16,18,24H,7-9,11-13H2,1H3. The molecule has 24 heavy (non-hydrogen) atoms. The van der Waals surface area contributed by atoms with Gasteiger partial charge < -0.3 is 14.6 Å². The highest BCUT2D eigenvalue weighted by Crippen LogP contribution is 2.29. The van der Waals surface area contributed by atoms with E-state index in [-0.39, 0.29) is 11.7 Å². The molecule has 0 aliphatic carbocycles. The van der Waals surface area contributed by atoms with Gasteiger partial charge in [-0.25, -0.2) is 4.98 Å². The number of imidazole rings is 1. The predicted molar refractivity (Wildman–Crippen MR) is 92.7 cm³/mol. The molecule has 1 saturated heterocycles. The van der Waals surface area contributed by atoms with Crippen molar-refractivity contribution in [3.63, 3.8) is 0 Å². The van der Waals surface area contributed by atoms with E-state index in [1.807, 2.05) is 48.1 Å². The molecule has 1 fully saturated rings. The number of rotatable bonds is 6. The number of aliphatic hydroxyl groups excluding tert-OH is 1. The minimum Gasteiger partial charge on any atom is -0.385 e. The van der Waals surface area contributed by atoms with Crippen molar-refractivity contribution >= 4 is 5.78 Å². The quantitative estimate of drug-likeness (QED) is 0.828. The topological polar surface area (TPSA) is 58.4 Å². The summed E-state index contributed by atoms with van der Waals surface area (Å²) in [7, 11) is 1.91. The second kappa shape index (κ2) is 7.73. The van der Waals surface area contributed by atoms with Gasteiger partial charge in [-0.2, -0.15) is 0 Å². The van der Waals surface area contributed by atoms with Crippen LogP contribution < -0.4 is 0 Å². The van der Waals surface area contributed by atoms with E-state index < -0.39 is 6.10 Å². The van der Waals surface area contributed by atoms with Crippen LogP contribution in [0.1, 0.15) is 41.5 Å². The summed E-state index contributed by atoms with van der Waals surface area (Å²) in [5.74, 6) is 1.19. The molecule has 0 saturated carbocycles. The van der Waals surface area contributed by atoms with Gasteiger partial charge in [-0.15, -0.1) is 0 Å². The van der Waals surface area contributed by atoms with Crippen molar-refractivity contribution in [1.82, 2.24) is 14.5 Å². The number of benzene rings is 1. The molecule has 3 rings (SSSR count). The van der Waals surface area contributed by atoms with Crippen molar-refractivity contribution in [2.75, 3.05) is 19.6 Å². The highest BCUT2D eigenvalue weighted by atomic mass is 16.3. The van der Waals surface area contributed by atoms with Crippen molar-refractivity contribution in [3.05, 3.63) is 54.1 Å². The lowest BCUT2D eigenvalue weighted by Crippen LogP contribution is -2.37. The van der Waals surface area contributed by atoms with Gasteiger partial charge in [0, 0.05) is 38.0 Å². The molecule has 1 unspecified atom stereocenters. The molecule has 2 aromatic rings. The molecule has 5 heteroatoms. The number of Topliss-reactive ketones (excluding diaryl/α,β-unsaturated/α-hetero) is 1. The second-order valence-corrected chi connectivity index (χ2v) is 6.56. The van der Waals surface area contributed by atoms with Crippen LogP contribution >= 0.6 is 0 Å². The molecular weight excluding hydrogens is 302 g/mol. The average Bonchev–Trinajstić information content (AvgIpc) is 3.06. The number of aliphatic hydroxyl groups is 1. The van der Waals surface area contributed by atoms with Gasteiger partial charge in [0.05, 0.1) is 0 Å². The van der Waals surface area contributed by atoms with E-state index >= 15 is 0 Å². The Kier molecular flexibility index (Phi) is 5.43. The molecule has 1 aromatic heterocycles. The number of piperidine rings is 1. The summed E-state index contributed by atoms with van der Waals surface area (Å²) in [5.41, 5.74) is 0.789. The minimum absolute atomic E-state index is 0.200. The number of ketones is 1. The van der Waals surface area contributed by atoms with Crippen molar-refractivity contribution in [3.8, 4) is 0 Å². The van der Waals surface area contributed by atoms with Crippen LogP contribution in [0.5, 0.6) is 0 Å². The molecule has 0 amide bonds. The molecule has 2 heterocycles. The molecule has 0 radical (unpaired) electrons. The van der Waals surface area contributed by atoms with Crippen LogP contribution in [0.2, 0.25) is 0 Å². The fourth-order valence-corrected chi connectivity index (χ4v) is 3.39. The van der Waals surface area contributed by atoms with Gasteiger partial charge in [0.1, 0.15) is 11.9 Å². The number of aromatic nitrogens is 2. The van der Waals surface area contributed by atoms with Gasteiger partial charge in [0.2, 0.25) is 0 Å². The normalized spacial score (nSPS) is 17.8.